The Kier molecular flexibility index (Phi) is 4.92. The number of benzene rings is 1. The van der Waals surface area contributed by atoms with Crippen molar-refractivity contribution in [2.75, 3.05) is 37.9 Å². The number of methoxy groups -OCH3 is 1. The van der Waals surface area contributed by atoms with Crippen LogP contribution >= 0.6 is 0 Å². The van der Waals surface area contributed by atoms with Crippen molar-refractivity contribution in [3.05, 3.63) is 24.3 Å². The van der Waals surface area contributed by atoms with E-state index in [1.54, 1.807) is 7.11 Å². The number of nitrogens with zero attached hydrogens (tertiary/aromatic N) is 2. The summed E-state index contributed by atoms with van der Waals surface area (Å²) in [5.41, 5.74) is 0.946. The van der Waals surface area contributed by atoms with Crippen LogP contribution in [-0.2, 0) is 4.74 Å². The molecule has 0 fully saturated rings. The molecule has 0 radical (unpaired) electrons. The normalized spacial score (nSPS) is 10.6. The molecule has 0 aliphatic heterocycles. The van der Waals surface area contributed by atoms with Crippen molar-refractivity contribution in [3.63, 3.8) is 0 Å². The van der Waals surface area contributed by atoms with E-state index < -0.39 is 0 Å². The molecule has 102 valence electrons. The molecule has 0 atom stereocenters. The second kappa shape index (κ2) is 6.89. The molecule has 0 bridgehead atoms. The second-order valence-electron chi connectivity index (χ2n) is 4.29. The van der Waals surface area contributed by atoms with Gasteiger partial charge in [-0.2, -0.15) is 4.98 Å². The predicted octanol–water partition coefficient (Wildman–Crippen LogP) is 2.51. The van der Waals surface area contributed by atoms with Gasteiger partial charge >= 0.3 is 0 Å². The fourth-order valence-electron chi connectivity index (χ4n) is 1.90. The van der Waals surface area contributed by atoms with Gasteiger partial charge < -0.3 is 15.4 Å². The monoisotopic (exact) mass is 260 g/mol. The Morgan fingerprint density at radius 3 is 2.79 bits per heavy atom. The van der Waals surface area contributed by atoms with E-state index in [9.17, 15) is 0 Å². The van der Waals surface area contributed by atoms with Gasteiger partial charge in [0.1, 0.15) is 5.82 Å². The fourth-order valence-corrected chi connectivity index (χ4v) is 1.90. The summed E-state index contributed by atoms with van der Waals surface area (Å²) in [6.45, 7) is 1.68. The maximum Gasteiger partial charge on any atom is 0.224 e. The molecule has 0 spiro atoms. The summed E-state index contributed by atoms with van der Waals surface area (Å²) < 4.78 is 5.04. The van der Waals surface area contributed by atoms with Crippen LogP contribution < -0.4 is 10.6 Å². The van der Waals surface area contributed by atoms with Crippen LogP contribution in [0.3, 0.4) is 0 Å². The van der Waals surface area contributed by atoms with Gasteiger partial charge in [-0.3, -0.25) is 0 Å². The van der Waals surface area contributed by atoms with Crippen LogP contribution in [0.2, 0.25) is 0 Å². The Morgan fingerprint density at radius 2 is 2.00 bits per heavy atom. The number of anilines is 2. The van der Waals surface area contributed by atoms with Gasteiger partial charge in [0.15, 0.2) is 0 Å². The minimum absolute atomic E-state index is 0.637. The highest BCUT2D eigenvalue weighted by atomic mass is 16.5. The number of fused-ring (bicyclic) bond motifs is 1. The Labute approximate surface area is 113 Å². The van der Waals surface area contributed by atoms with Gasteiger partial charge in [-0.15, -0.1) is 0 Å². The molecule has 1 aromatic carbocycles. The van der Waals surface area contributed by atoms with E-state index in [2.05, 4.69) is 20.6 Å². The summed E-state index contributed by atoms with van der Waals surface area (Å²) in [5, 5.41) is 7.41. The molecule has 5 heteroatoms. The number of rotatable bonds is 7. The van der Waals surface area contributed by atoms with E-state index in [0.717, 1.165) is 42.7 Å². The van der Waals surface area contributed by atoms with Gasteiger partial charge in [0, 0.05) is 32.7 Å². The third-order valence-corrected chi connectivity index (χ3v) is 2.89. The highest BCUT2D eigenvalue weighted by Gasteiger charge is 2.05. The number of aromatic nitrogens is 2. The second-order valence-corrected chi connectivity index (χ2v) is 4.29. The van der Waals surface area contributed by atoms with Crippen LogP contribution in [0.1, 0.15) is 12.8 Å². The smallest absolute Gasteiger partial charge is 0.224 e. The molecular weight excluding hydrogens is 240 g/mol. The van der Waals surface area contributed by atoms with Crippen molar-refractivity contribution in [2.45, 2.75) is 12.8 Å². The van der Waals surface area contributed by atoms with Crippen molar-refractivity contribution in [2.24, 2.45) is 0 Å². The molecule has 2 N–H and O–H groups in total. The predicted molar refractivity (Wildman–Crippen MR) is 78.7 cm³/mol. The number of unbranched alkanes of at least 4 members (excludes halogenated alkanes) is 1. The first-order chi connectivity index (χ1) is 9.35. The zero-order valence-electron chi connectivity index (χ0n) is 11.4. The first-order valence-electron chi connectivity index (χ1n) is 6.52. The molecule has 0 unspecified atom stereocenters. The van der Waals surface area contributed by atoms with Gasteiger partial charge in [0.05, 0.1) is 5.52 Å². The van der Waals surface area contributed by atoms with Crippen LogP contribution in [0, 0.1) is 0 Å². The van der Waals surface area contributed by atoms with E-state index in [1.807, 2.05) is 31.3 Å². The summed E-state index contributed by atoms with van der Waals surface area (Å²) >= 11 is 0. The molecule has 0 aliphatic carbocycles. The minimum Gasteiger partial charge on any atom is -0.385 e. The van der Waals surface area contributed by atoms with Crippen LogP contribution in [0.4, 0.5) is 11.8 Å². The summed E-state index contributed by atoms with van der Waals surface area (Å²) in [7, 11) is 3.55. The van der Waals surface area contributed by atoms with Crippen molar-refractivity contribution in [1.82, 2.24) is 9.97 Å². The molecule has 5 nitrogen and oxygen atoms in total. The fraction of sp³-hybridized carbons (Fsp3) is 0.429. The van der Waals surface area contributed by atoms with Crippen molar-refractivity contribution in [3.8, 4) is 0 Å². The summed E-state index contributed by atoms with van der Waals surface area (Å²) in [6.07, 6.45) is 2.10. The van der Waals surface area contributed by atoms with E-state index in [0.29, 0.717) is 5.95 Å². The van der Waals surface area contributed by atoms with Gasteiger partial charge in [-0.1, -0.05) is 12.1 Å². The molecule has 0 aliphatic rings. The van der Waals surface area contributed by atoms with Gasteiger partial charge in [0.2, 0.25) is 5.95 Å². The SMILES string of the molecule is CNc1nc(NCCCCOC)c2ccccc2n1. The van der Waals surface area contributed by atoms with Gasteiger partial charge in [-0.25, -0.2) is 4.98 Å². The lowest BCUT2D eigenvalue weighted by molar-refractivity contribution is 0.194. The van der Waals surface area contributed by atoms with E-state index in [-0.39, 0.29) is 0 Å². The van der Waals surface area contributed by atoms with E-state index in [1.165, 1.54) is 0 Å². The third kappa shape index (κ3) is 3.54. The number of para-hydroxylation sites is 1. The van der Waals surface area contributed by atoms with Crippen molar-refractivity contribution >= 4 is 22.7 Å². The first-order valence-corrected chi connectivity index (χ1v) is 6.52. The molecule has 0 amide bonds. The standard InChI is InChI=1S/C14H20N4O/c1-15-14-17-12-8-4-3-7-11(12)13(18-14)16-9-5-6-10-19-2/h3-4,7-8H,5-6,9-10H2,1-2H3,(H2,15,16,17,18). The largest absolute Gasteiger partial charge is 0.385 e. The average Bonchev–Trinajstić information content (AvgIpc) is 2.46. The van der Waals surface area contributed by atoms with Gasteiger partial charge in [0.25, 0.3) is 0 Å². The van der Waals surface area contributed by atoms with E-state index in [4.69, 9.17) is 4.74 Å². The molecule has 2 rings (SSSR count). The molecular formula is C14H20N4O. The third-order valence-electron chi connectivity index (χ3n) is 2.89. The van der Waals surface area contributed by atoms with Crippen LogP contribution in [0.15, 0.2) is 24.3 Å². The Morgan fingerprint density at radius 1 is 1.16 bits per heavy atom. The number of hydrogen-bond donors (Lipinski definition) is 2. The quantitative estimate of drug-likeness (QED) is 0.749. The Balaban J connectivity index is 2.11. The van der Waals surface area contributed by atoms with Gasteiger partial charge in [-0.05, 0) is 25.0 Å². The maximum absolute atomic E-state index is 5.04. The zero-order valence-corrected chi connectivity index (χ0v) is 11.4. The van der Waals surface area contributed by atoms with Crippen LogP contribution in [-0.4, -0.2) is 37.3 Å². The zero-order chi connectivity index (χ0) is 13.5. The summed E-state index contributed by atoms with van der Waals surface area (Å²) in [4.78, 5) is 8.90. The minimum atomic E-state index is 0.637. The molecule has 1 aromatic heterocycles. The maximum atomic E-state index is 5.04. The van der Waals surface area contributed by atoms with Crippen LogP contribution in [0.25, 0.3) is 10.9 Å². The van der Waals surface area contributed by atoms with E-state index >= 15 is 0 Å². The highest BCUT2D eigenvalue weighted by Crippen LogP contribution is 2.21. The number of ether oxygens (including phenoxy) is 1. The lowest BCUT2D eigenvalue weighted by Gasteiger charge is -2.10. The average molecular weight is 260 g/mol. The molecule has 2 aromatic rings. The van der Waals surface area contributed by atoms with Crippen molar-refractivity contribution in [1.29, 1.82) is 0 Å². The number of nitrogens with one attached hydrogen (secondary N) is 2. The molecule has 19 heavy (non-hydrogen) atoms. The van der Waals surface area contributed by atoms with Crippen molar-refractivity contribution < 1.29 is 4.74 Å². The lowest BCUT2D eigenvalue weighted by atomic mass is 10.2. The molecule has 0 saturated heterocycles. The first kappa shape index (κ1) is 13.5. The number of hydrogen-bond acceptors (Lipinski definition) is 5. The molecule has 0 saturated carbocycles. The topological polar surface area (TPSA) is 59.1 Å². The molecule has 1 heterocycles. The highest BCUT2D eigenvalue weighted by molar-refractivity contribution is 5.89. The Bertz CT molecular complexity index is 530. The lowest BCUT2D eigenvalue weighted by Crippen LogP contribution is -2.07. The Hall–Kier alpha value is -1.88. The summed E-state index contributed by atoms with van der Waals surface area (Å²) in [6, 6.07) is 8.01. The summed E-state index contributed by atoms with van der Waals surface area (Å²) in [5.74, 6) is 1.52. The van der Waals surface area contributed by atoms with Crippen LogP contribution in [0.5, 0.6) is 0 Å².